The summed E-state index contributed by atoms with van der Waals surface area (Å²) in [5.74, 6) is -6.08. The molecule has 66 heavy (non-hydrogen) atoms. The Kier molecular flexibility index (Phi) is 20.4. The maximum absolute atomic E-state index is 4.89. The molecule has 2 radical (unpaired) electrons. The molecule has 346 valence electrons. The summed E-state index contributed by atoms with van der Waals surface area (Å²) in [4.78, 5) is 9.78. The minimum absolute atomic E-state index is 0. The molecule has 0 aliphatic carbocycles. The first-order chi connectivity index (χ1) is 31.1. The van der Waals surface area contributed by atoms with Gasteiger partial charge in [-0.25, -0.2) is 0 Å². The van der Waals surface area contributed by atoms with E-state index >= 15 is 0 Å². The number of nitrogens with one attached hydrogen (secondary N) is 2. The van der Waals surface area contributed by atoms with Crippen LogP contribution in [0.2, 0.25) is 0 Å². The third kappa shape index (κ3) is 14.2. The number of hydrogen-bond donors (Lipinski definition) is 2. The molecule has 0 heterocycles. The van der Waals surface area contributed by atoms with Crippen LogP contribution in [0, 0.1) is 26.7 Å². The number of amidine groups is 2. The van der Waals surface area contributed by atoms with Crippen molar-refractivity contribution in [2.24, 2.45) is 9.98 Å². The molecule has 0 bridgehead atoms. The number of aliphatic imine (C=N–C) groups is 2. The molecule has 0 aliphatic heterocycles. The second kappa shape index (κ2) is 25.2. The maximum atomic E-state index is 4.89. The first-order valence-electron chi connectivity index (χ1n) is 20.4. The molecule has 0 atom stereocenters. The molecule has 0 unspecified atom stereocenters. The Bertz CT molecular complexity index is 2450. The van der Waals surface area contributed by atoms with Crippen LogP contribution in [0.25, 0.3) is 0 Å². The summed E-state index contributed by atoms with van der Waals surface area (Å²) >= 11 is 0. The second-order valence-corrected chi connectivity index (χ2v) is 33.9. The summed E-state index contributed by atoms with van der Waals surface area (Å²) in [7, 11) is 6.61. The molecule has 0 aromatic heterocycles. The molecule has 8 rings (SSSR count). The molecule has 0 amide bonds. The number of rotatable bonds is 12. The van der Waals surface area contributed by atoms with Crippen LogP contribution >= 0.6 is 54.0 Å². The monoisotopic (exact) mass is 1340 g/mol. The Morgan fingerprint density at radius 3 is 0.773 bits per heavy atom. The molecule has 0 saturated carbocycles. The van der Waals surface area contributed by atoms with E-state index < -0.39 is 11.6 Å². The summed E-state index contributed by atoms with van der Waals surface area (Å²) in [6.07, 6.45) is 0. The molecule has 12 heteroatoms. The van der Waals surface area contributed by atoms with Gasteiger partial charge in [-0.2, -0.15) is 0 Å². The van der Waals surface area contributed by atoms with Gasteiger partial charge in [-0.15, -0.1) is 0 Å². The van der Waals surface area contributed by atoms with Crippen molar-refractivity contribution >= 4 is 108 Å². The Morgan fingerprint density at radius 2 is 0.530 bits per heavy atom. The van der Waals surface area contributed by atoms with Crippen molar-refractivity contribution in [1.29, 1.82) is 0 Å². The fourth-order valence-electron chi connectivity index (χ4n) is 6.48. The third-order valence-electron chi connectivity index (χ3n) is 10.0. The zero-order valence-corrected chi connectivity index (χ0v) is 45.3. The van der Waals surface area contributed by atoms with Gasteiger partial charge in [0.2, 0.25) is 0 Å². The molecule has 0 aliphatic rings. The topological polar surface area (TPSA) is 48.8 Å². The van der Waals surface area contributed by atoms with Crippen molar-refractivity contribution in [3.8, 4) is 0 Å². The number of anilines is 2. The van der Waals surface area contributed by atoms with Crippen LogP contribution in [0.15, 0.2) is 253 Å². The SMILES string of the molecule is [Au].[Au].[CH2-]P([CH2-])(SSC(=Nc1ccccc1)Nc1ccccc1)(c1ccccc1)c1ccccc1.[CH2-]P([CH2-])(SSC(=Nc1ccccc1)Nc1ccccc1)(c1ccccc1)c1ccccc1. The van der Waals surface area contributed by atoms with Crippen LogP contribution in [0.3, 0.4) is 0 Å². The van der Waals surface area contributed by atoms with Crippen molar-refractivity contribution in [2.45, 2.75) is 0 Å². The molecule has 0 spiro atoms. The fourth-order valence-corrected chi connectivity index (χ4v) is 24.1. The van der Waals surface area contributed by atoms with Gasteiger partial charge in [0.25, 0.3) is 0 Å². The van der Waals surface area contributed by atoms with Crippen LogP contribution in [0.5, 0.6) is 0 Å². The van der Waals surface area contributed by atoms with E-state index in [4.69, 9.17) is 36.6 Å². The van der Waals surface area contributed by atoms with Gasteiger partial charge in [-0.1, -0.05) is 0 Å². The van der Waals surface area contributed by atoms with Gasteiger partial charge < -0.3 is 0 Å². The van der Waals surface area contributed by atoms with E-state index in [-0.39, 0.29) is 44.8 Å². The van der Waals surface area contributed by atoms with Gasteiger partial charge >= 0.3 is 398 Å². The van der Waals surface area contributed by atoms with E-state index in [1.807, 2.05) is 146 Å². The standard InChI is InChI=1S/2C27H25N2PS2.2Au/c2*1-30(2,25-19-11-5-12-20-25,26-21-13-6-14-22-26)32-31-27(28-23-15-7-3-8-16-23)29-24-17-9-4-10-18-24;;/h2*3-22H,1-2H2,(H,28,29);;/q2*-2;;. The van der Waals surface area contributed by atoms with Crippen molar-refractivity contribution in [3.63, 3.8) is 0 Å². The molecule has 0 saturated heterocycles. The van der Waals surface area contributed by atoms with Crippen molar-refractivity contribution in [2.75, 3.05) is 10.6 Å². The molecular formula is C54H50Au2N4P2S4-4. The Balaban J connectivity index is 0.000000240. The van der Waals surface area contributed by atoms with Crippen molar-refractivity contribution < 1.29 is 44.8 Å². The predicted molar refractivity (Wildman–Crippen MR) is 297 cm³/mol. The first-order valence-corrected chi connectivity index (χ1v) is 31.2. The average Bonchev–Trinajstić information content (AvgIpc) is 3.35. The van der Waals surface area contributed by atoms with Crippen molar-refractivity contribution in [1.82, 2.24) is 0 Å². The second-order valence-electron chi connectivity index (χ2n) is 15.0. The molecule has 2 N–H and O–H groups in total. The van der Waals surface area contributed by atoms with Gasteiger partial charge in [0.15, 0.2) is 0 Å². The predicted octanol–water partition coefficient (Wildman–Crippen LogP) is 15.7. The van der Waals surface area contributed by atoms with Gasteiger partial charge in [0.05, 0.1) is 0 Å². The molecule has 4 nitrogen and oxygen atoms in total. The number of benzene rings is 8. The summed E-state index contributed by atoms with van der Waals surface area (Å²) < 4.78 is 0. The summed E-state index contributed by atoms with van der Waals surface area (Å²) in [5.41, 5.74) is 3.77. The molecule has 8 aromatic rings. The third-order valence-corrected chi connectivity index (χ3v) is 31.5. The first kappa shape index (κ1) is 53.4. The molecule has 0 fully saturated rings. The summed E-state index contributed by atoms with van der Waals surface area (Å²) in [5, 5.41) is 13.2. The van der Waals surface area contributed by atoms with Crippen LogP contribution in [-0.4, -0.2) is 10.3 Å². The van der Waals surface area contributed by atoms with Gasteiger partial charge in [-0.3, -0.25) is 0 Å². The normalized spacial score (nSPS) is 12.8. The molecule has 8 aromatic carbocycles. The van der Waals surface area contributed by atoms with Crippen LogP contribution in [0.1, 0.15) is 0 Å². The van der Waals surface area contributed by atoms with E-state index in [1.165, 1.54) is 0 Å². The fraction of sp³-hybridized carbons (Fsp3) is 0. The van der Waals surface area contributed by atoms with E-state index in [0.717, 1.165) is 54.3 Å². The number of nitrogens with zero attached hydrogens (tertiary/aromatic N) is 2. The summed E-state index contributed by atoms with van der Waals surface area (Å²) in [6, 6.07) is 81.8. The average molecular weight is 1340 g/mol. The van der Waals surface area contributed by atoms with Gasteiger partial charge in [0, 0.05) is 44.8 Å². The zero-order chi connectivity index (χ0) is 44.6. The van der Waals surface area contributed by atoms with Gasteiger partial charge in [0.1, 0.15) is 0 Å². The van der Waals surface area contributed by atoms with E-state index in [0.29, 0.717) is 0 Å². The number of para-hydroxylation sites is 4. The van der Waals surface area contributed by atoms with Crippen LogP contribution < -0.4 is 31.9 Å². The van der Waals surface area contributed by atoms with Crippen LogP contribution in [0.4, 0.5) is 22.7 Å². The Morgan fingerprint density at radius 1 is 0.318 bits per heavy atom. The van der Waals surface area contributed by atoms with Crippen molar-refractivity contribution in [3.05, 3.63) is 269 Å². The minimum atomic E-state index is -3.04. The zero-order valence-electron chi connectivity index (χ0n) is 35.9. The van der Waals surface area contributed by atoms with Crippen LogP contribution in [-0.2, 0) is 44.8 Å². The number of hydrogen-bond acceptors (Lipinski definition) is 6. The Hall–Kier alpha value is -3.56. The summed E-state index contributed by atoms with van der Waals surface area (Å²) in [6.45, 7) is 19.2. The molecular weight excluding hydrogens is 1290 g/mol. The Labute approximate surface area is 438 Å². The quantitative estimate of drug-likeness (QED) is 0.0317. The van der Waals surface area contributed by atoms with E-state index in [9.17, 15) is 0 Å². The van der Waals surface area contributed by atoms with E-state index in [2.05, 4.69) is 108 Å². The van der Waals surface area contributed by atoms with Gasteiger partial charge in [-0.05, 0) is 0 Å². The van der Waals surface area contributed by atoms with E-state index in [1.54, 1.807) is 42.4 Å².